The van der Waals surface area contributed by atoms with Crippen molar-refractivity contribution >= 4 is 22.3 Å². The monoisotopic (exact) mass is 350 g/mol. The van der Waals surface area contributed by atoms with Crippen LogP contribution in [0.2, 0.25) is 0 Å². The molecule has 0 heterocycles. The molecule has 2 aromatic carbocycles. The van der Waals surface area contributed by atoms with Crippen molar-refractivity contribution in [3.05, 3.63) is 48.0 Å². The standard InChI is InChI=1S/C24H30O2/c1-3-5-6-7-18-8-10-19(11-9-18)20-12-13-22-17-23(26-24(25)4-2)15-14-21(22)16-20/h10,12-18H,3-9,11H2,1-2H3. The van der Waals surface area contributed by atoms with Gasteiger partial charge in [-0.2, -0.15) is 0 Å². The van der Waals surface area contributed by atoms with E-state index in [2.05, 4.69) is 31.2 Å². The second-order valence-electron chi connectivity index (χ2n) is 7.42. The zero-order valence-electron chi connectivity index (χ0n) is 16.1. The van der Waals surface area contributed by atoms with Crippen LogP contribution in [0.15, 0.2) is 42.5 Å². The summed E-state index contributed by atoms with van der Waals surface area (Å²) in [5.74, 6) is 1.31. The van der Waals surface area contributed by atoms with Gasteiger partial charge in [0.15, 0.2) is 0 Å². The molecule has 1 aliphatic carbocycles. The van der Waals surface area contributed by atoms with Gasteiger partial charge < -0.3 is 4.74 Å². The van der Waals surface area contributed by atoms with Gasteiger partial charge in [-0.25, -0.2) is 0 Å². The smallest absolute Gasteiger partial charge is 0.310 e. The Kier molecular flexibility index (Phi) is 6.49. The first-order valence-electron chi connectivity index (χ1n) is 10.1. The number of hydrogen-bond donors (Lipinski definition) is 0. The molecule has 0 saturated heterocycles. The summed E-state index contributed by atoms with van der Waals surface area (Å²) >= 11 is 0. The summed E-state index contributed by atoms with van der Waals surface area (Å²) in [6, 6.07) is 12.5. The van der Waals surface area contributed by atoms with Crippen LogP contribution in [0, 0.1) is 5.92 Å². The highest BCUT2D eigenvalue weighted by Crippen LogP contribution is 2.34. The summed E-state index contributed by atoms with van der Waals surface area (Å²) in [7, 11) is 0. The minimum absolute atomic E-state index is 0.193. The Morgan fingerprint density at radius 3 is 2.62 bits per heavy atom. The topological polar surface area (TPSA) is 26.3 Å². The molecule has 0 aliphatic heterocycles. The highest BCUT2D eigenvalue weighted by molar-refractivity contribution is 5.88. The lowest BCUT2D eigenvalue weighted by molar-refractivity contribution is -0.134. The minimum Gasteiger partial charge on any atom is -0.427 e. The first-order chi connectivity index (χ1) is 12.7. The third kappa shape index (κ3) is 4.75. The highest BCUT2D eigenvalue weighted by atomic mass is 16.5. The second-order valence-corrected chi connectivity index (χ2v) is 7.42. The Morgan fingerprint density at radius 1 is 1.08 bits per heavy atom. The van der Waals surface area contributed by atoms with Crippen LogP contribution in [0.5, 0.6) is 5.75 Å². The number of fused-ring (bicyclic) bond motifs is 1. The lowest BCUT2D eigenvalue weighted by Gasteiger charge is -2.22. The molecule has 0 amide bonds. The summed E-state index contributed by atoms with van der Waals surface area (Å²) in [4.78, 5) is 11.5. The fourth-order valence-corrected chi connectivity index (χ4v) is 3.79. The van der Waals surface area contributed by atoms with Crippen LogP contribution in [-0.2, 0) is 4.79 Å². The van der Waals surface area contributed by atoms with Crippen LogP contribution in [0.25, 0.3) is 16.3 Å². The predicted molar refractivity (Wildman–Crippen MR) is 109 cm³/mol. The molecule has 2 heteroatoms. The molecule has 0 fully saturated rings. The third-order valence-corrected chi connectivity index (χ3v) is 5.44. The van der Waals surface area contributed by atoms with Gasteiger partial charge in [-0.15, -0.1) is 0 Å². The van der Waals surface area contributed by atoms with Crippen molar-refractivity contribution in [1.29, 1.82) is 0 Å². The quantitative estimate of drug-likeness (QED) is 0.308. The molecule has 2 aromatic rings. The van der Waals surface area contributed by atoms with Gasteiger partial charge in [-0.05, 0) is 65.3 Å². The summed E-state index contributed by atoms with van der Waals surface area (Å²) in [5, 5.41) is 2.31. The van der Waals surface area contributed by atoms with Crippen molar-refractivity contribution in [3.63, 3.8) is 0 Å². The van der Waals surface area contributed by atoms with Crippen LogP contribution in [0.3, 0.4) is 0 Å². The van der Waals surface area contributed by atoms with Crippen LogP contribution in [-0.4, -0.2) is 5.97 Å². The molecule has 0 saturated carbocycles. The molecule has 138 valence electrons. The molecule has 1 atom stereocenters. The zero-order chi connectivity index (χ0) is 18.4. The number of carbonyl (C=O) groups is 1. The summed E-state index contributed by atoms with van der Waals surface area (Å²) < 4.78 is 5.32. The molecule has 26 heavy (non-hydrogen) atoms. The second kappa shape index (κ2) is 9.02. The molecule has 0 spiro atoms. The number of allylic oxidation sites excluding steroid dienone is 2. The molecule has 1 unspecified atom stereocenters. The van der Waals surface area contributed by atoms with Gasteiger partial charge in [0.1, 0.15) is 5.75 Å². The van der Waals surface area contributed by atoms with Crippen molar-refractivity contribution < 1.29 is 9.53 Å². The summed E-state index contributed by atoms with van der Waals surface area (Å²) in [6.45, 7) is 4.08. The number of unbranched alkanes of at least 4 members (excludes halogenated alkanes) is 2. The number of benzene rings is 2. The maximum atomic E-state index is 11.5. The van der Waals surface area contributed by atoms with Crippen LogP contribution >= 0.6 is 0 Å². The predicted octanol–water partition coefficient (Wildman–Crippen LogP) is 6.92. The Hall–Kier alpha value is -2.09. The molecule has 0 bridgehead atoms. The van der Waals surface area contributed by atoms with E-state index in [1.807, 2.05) is 25.1 Å². The largest absolute Gasteiger partial charge is 0.427 e. The Morgan fingerprint density at radius 2 is 1.88 bits per heavy atom. The molecule has 1 aliphatic rings. The van der Waals surface area contributed by atoms with E-state index in [1.54, 1.807) is 0 Å². The maximum Gasteiger partial charge on any atom is 0.310 e. The fraction of sp³-hybridized carbons (Fsp3) is 0.458. The van der Waals surface area contributed by atoms with Crippen molar-refractivity contribution in [3.8, 4) is 5.75 Å². The molecular weight excluding hydrogens is 320 g/mol. The molecule has 0 N–H and O–H groups in total. The van der Waals surface area contributed by atoms with Gasteiger partial charge >= 0.3 is 5.97 Å². The molecular formula is C24H30O2. The SMILES string of the molecule is CCCCCC1CC=C(c2ccc3cc(OC(=O)CC)ccc3c2)CC1. The fourth-order valence-electron chi connectivity index (χ4n) is 3.79. The van der Waals surface area contributed by atoms with Gasteiger partial charge in [-0.3, -0.25) is 4.79 Å². The van der Waals surface area contributed by atoms with Crippen LogP contribution in [0.4, 0.5) is 0 Å². The van der Waals surface area contributed by atoms with Gasteiger partial charge in [0.25, 0.3) is 0 Å². The van der Waals surface area contributed by atoms with Crippen molar-refractivity contribution in [1.82, 2.24) is 0 Å². The Bertz CT molecular complexity index is 788. The van der Waals surface area contributed by atoms with E-state index in [1.165, 1.54) is 61.5 Å². The van der Waals surface area contributed by atoms with Gasteiger partial charge in [0, 0.05) is 6.42 Å². The normalized spacial score (nSPS) is 17.2. The number of ether oxygens (including phenoxy) is 1. The first-order valence-corrected chi connectivity index (χ1v) is 10.1. The van der Waals surface area contributed by atoms with E-state index < -0.39 is 0 Å². The van der Waals surface area contributed by atoms with E-state index in [0.29, 0.717) is 12.2 Å². The number of rotatable bonds is 7. The van der Waals surface area contributed by atoms with Crippen molar-refractivity contribution in [2.24, 2.45) is 5.92 Å². The van der Waals surface area contributed by atoms with E-state index >= 15 is 0 Å². The van der Waals surface area contributed by atoms with Crippen LogP contribution in [0.1, 0.15) is 70.8 Å². The highest BCUT2D eigenvalue weighted by Gasteiger charge is 2.15. The zero-order valence-corrected chi connectivity index (χ0v) is 16.1. The Labute approximate surface area is 157 Å². The lowest BCUT2D eigenvalue weighted by Crippen LogP contribution is -2.06. The van der Waals surface area contributed by atoms with E-state index in [9.17, 15) is 4.79 Å². The van der Waals surface area contributed by atoms with Gasteiger partial charge in [0.05, 0.1) is 0 Å². The molecule has 2 nitrogen and oxygen atoms in total. The summed E-state index contributed by atoms with van der Waals surface area (Å²) in [5.41, 5.74) is 2.82. The molecule has 0 aromatic heterocycles. The lowest BCUT2D eigenvalue weighted by atomic mass is 9.83. The van der Waals surface area contributed by atoms with Crippen LogP contribution < -0.4 is 4.74 Å². The van der Waals surface area contributed by atoms with Crippen molar-refractivity contribution in [2.45, 2.75) is 65.2 Å². The van der Waals surface area contributed by atoms with E-state index in [-0.39, 0.29) is 5.97 Å². The van der Waals surface area contributed by atoms with Gasteiger partial charge in [0.2, 0.25) is 0 Å². The molecule has 0 radical (unpaired) electrons. The van der Waals surface area contributed by atoms with E-state index in [0.717, 1.165) is 11.3 Å². The third-order valence-electron chi connectivity index (χ3n) is 5.44. The number of carbonyl (C=O) groups excluding carboxylic acids is 1. The van der Waals surface area contributed by atoms with E-state index in [4.69, 9.17) is 4.74 Å². The first kappa shape index (κ1) is 18.7. The average molecular weight is 351 g/mol. The molecule has 3 rings (SSSR count). The minimum atomic E-state index is -0.193. The average Bonchev–Trinajstić information content (AvgIpc) is 2.68. The Balaban J connectivity index is 1.69. The van der Waals surface area contributed by atoms with Crippen molar-refractivity contribution in [2.75, 3.05) is 0 Å². The number of esters is 1. The van der Waals surface area contributed by atoms with Gasteiger partial charge in [-0.1, -0.05) is 63.8 Å². The summed E-state index contributed by atoms with van der Waals surface area (Å²) in [6.07, 6.45) is 12.0. The maximum absolute atomic E-state index is 11.5. The number of hydrogen-bond acceptors (Lipinski definition) is 2.